The van der Waals surface area contributed by atoms with E-state index in [-0.39, 0.29) is 42.0 Å². The number of aromatic nitrogens is 1. The fraction of sp³-hybridized carbons (Fsp3) is 0.320. The van der Waals surface area contributed by atoms with Crippen molar-refractivity contribution in [2.45, 2.75) is 31.0 Å². The van der Waals surface area contributed by atoms with Crippen LogP contribution < -0.4 is 11.1 Å². The molecular weight excluding hydrogens is 462 g/mol. The van der Waals surface area contributed by atoms with Crippen LogP contribution in [-0.2, 0) is 0 Å². The van der Waals surface area contributed by atoms with Gasteiger partial charge < -0.3 is 11.1 Å². The molecule has 2 atom stereocenters. The monoisotopic (exact) mass is 487 g/mol. The summed E-state index contributed by atoms with van der Waals surface area (Å²) < 4.78 is 57.2. The Hall–Kier alpha value is -3.53. The average molecular weight is 488 g/mol. The molecule has 4 N–H and O–H groups in total. The highest BCUT2D eigenvalue weighted by Gasteiger charge is 2.41. The van der Waals surface area contributed by atoms with Gasteiger partial charge in [0.1, 0.15) is 12.0 Å². The average Bonchev–Trinajstić information content (AvgIpc) is 2.81. The zero-order valence-corrected chi connectivity index (χ0v) is 18.8. The molecule has 2 aromatic rings. The van der Waals surface area contributed by atoms with E-state index in [9.17, 15) is 22.4 Å². The van der Waals surface area contributed by atoms with Gasteiger partial charge in [-0.25, -0.2) is 17.6 Å². The number of benzene rings is 1. The predicted molar refractivity (Wildman–Crippen MR) is 125 cm³/mol. The summed E-state index contributed by atoms with van der Waals surface area (Å²) in [6.07, 6.45) is 3.42. The second-order valence-corrected chi connectivity index (χ2v) is 8.79. The van der Waals surface area contributed by atoms with Crippen LogP contribution in [0.3, 0.4) is 0 Å². The minimum Gasteiger partial charge on any atom is -0.398 e. The Morgan fingerprint density at radius 2 is 1.97 bits per heavy atom. The zero-order valence-electron chi connectivity index (χ0n) is 18.8. The van der Waals surface area contributed by atoms with Crippen LogP contribution in [0.2, 0.25) is 0 Å². The van der Waals surface area contributed by atoms with E-state index < -0.39 is 42.8 Å². The van der Waals surface area contributed by atoms with Crippen LogP contribution in [0.5, 0.6) is 0 Å². The largest absolute Gasteiger partial charge is 0.398 e. The first kappa shape index (κ1) is 24.6. The van der Waals surface area contributed by atoms with Gasteiger partial charge >= 0.3 is 0 Å². The van der Waals surface area contributed by atoms with Gasteiger partial charge in [0.25, 0.3) is 11.8 Å². The normalized spacial score (nSPS) is 22.2. The second-order valence-electron chi connectivity index (χ2n) is 8.79. The number of halogens is 4. The van der Waals surface area contributed by atoms with E-state index in [0.717, 1.165) is 6.08 Å². The summed E-state index contributed by atoms with van der Waals surface area (Å²) in [5.74, 6) is -4.49. The van der Waals surface area contributed by atoms with E-state index in [2.05, 4.69) is 10.3 Å². The van der Waals surface area contributed by atoms with Crippen LogP contribution in [0, 0.1) is 5.41 Å². The zero-order chi connectivity index (χ0) is 25.2. The lowest BCUT2D eigenvalue weighted by Gasteiger charge is -2.38. The molecule has 10 heteroatoms. The van der Waals surface area contributed by atoms with Gasteiger partial charge in [-0.15, -0.1) is 0 Å². The van der Waals surface area contributed by atoms with Gasteiger partial charge in [0.15, 0.2) is 0 Å². The molecule has 0 spiro atoms. The van der Waals surface area contributed by atoms with Crippen LogP contribution in [0.4, 0.5) is 23.2 Å². The van der Waals surface area contributed by atoms with E-state index >= 15 is 0 Å². The number of pyridine rings is 1. The highest BCUT2D eigenvalue weighted by molar-refractivity contribution is 6.14. The lowest BCUT2D eigenvalue weighted by atomic mass is 9.97. The first-order valence-electron chi connectivity index (χ1n) is 11.1. The first-order valence-corrected chi connectivity index (χ1v) is 11.1. The Kier molecular flexibility index (Phi) is 7.02. The summed E-state index contributed by atoms with van der Waals surface area (Å²) in [6.45, 7) is -0.917. The number of nitrogens with one attached hydrogen (secondary N) is 2. The SMILES string of the molecule is N=C(c1ccncc1)c1cc(C(=O)NC2CN(CC3=C(F)C=CCC3F)CC(F)(F)C2)ccc1N. The van der Waals surface area contributed by atoms with Crippen molar-refractivity contribution < 1.29 is 22.4 Å². The fourth-order valence-corrected chi connectivity index (χ4v) is 4.37. The topological polar surface area (TPSA) is 95.1 Å². The lowest BCUT2D eigenvalue weighted by molar-refractivity contribution is -0.0721. The summed E-state index contributed by atoms with van der Waals surface area (Å²) in [7, 11) is 0. The van der Waals surface area contributed by atoms with Crippen molar-refractivity contribution in [1.82, 2.24) is 15.2 Å². The van der Waals surface area contributed by atoms with Gasteiger partial charge in [-0.2, -0.15) is 0 Å². The van der Waals surface area contributed by atoms with Crippen LogP contribution in [0.15, 0.2) is 66.3 Å². The molecule has 1 aliphatic carbocycles. The number of alkyl halides is 3. The molecule has 0 bridgehead atoms. The number of hydrogen-bond acceptors (Lipinski definition) is 5. The molecule has 1 fully saturated rings. The third-order valence-electron chi connectivity index (χ3n) is 6.05. The highest BCUT2D eigenvalue weighted by Crippen LogP contribution is 2.30. The summed E-state index contributed by atoms with van der Waals surface area (Å²) in [4.78, 5) is 18.1. The van der Waals surface area contributed by atoms with Crippen molar-refractivity contribution in [3.63, 3.8) is 0 Å². The number of anilines is 1. The number of amides is 1. The molecule has 35 heavy (non-hydrogen) atoms. The third kappa shape index (κ3) is 5.76. The lowest BCUT2D eigenvalue weighted by Crippen LogP contribution is -2.55. The van der Waals surface area contributed by atoms with E-state index in [1.54, 1.807) is 12.1 Å². The summed E-state index contributed by atoms with van der Waals surface area (Å²) in [6, 6.07) is 6.71. The molecule has 0 saturated carbocycles. The Bertz CT molecular complexity index is 1180. The van der Waals surface area contributed by atoms with E-state index in [0.29, 0.717) is 11.1 Å². The Morgan fingerprint density at radius 1 is 1.23 bits per heavy atom. The number of allylic oxidation sites excluding steroid dienone is 3. The molecule has 1 aromatic carbocycles. The Morgan fingerprint density at radius 3 is 2.69 bits per heavy atom. The van der Waals surface area contributed by atoms with Crippen molar-refractivity contribution in [2.75, 3.05) is 25.4 Å². The third-order valence-corrected chi connectivity index (χ3v) is 6.05. The fourth-order valence-electron chi connectivity index (χ4n) is 4.37. The summed E-state index contributed by atoms with van der Waals surface area (Å²) in [5, 5.41) is 11.0. The van der Waals surface area contributed by atoms with Crippen LogP contribution in [0.1, 0.15) is 34.3 Å². The molecule has 0 radical (unpaired) electrons. The molecule has 1 saturated heterocycles. The van der Waals surface area contributed by atoms with Gasteiger partial charge in [0.05, 0.1) is 12.3 Å². The van der Waals surface area contributed by atoms with E-state index in [1.807, 2.05) is 0 Å². The molecule has 2 aliphatic rings. The quantitative estimate of drug-likeness (QED) is 0.326. The number of piperidine rings is 1. The number of carbonyl (C=O) groups is 1. The molecule has 2 heterocycles. The van der Waals surface area contributed by atoms with Crippen molar-refractivity contribution in [2.24, 2.45) is 0 Å². The van der Waals surface area contributed by atoms with Crippen LogP contribution >= 0.6 is 0 Å². The van der Waals surface area contributed by atoms with Gasteiger partial charge in [-0.1, -0.05) is 6.08 Å². The minimum absolute atomic E-state index is 0.00111. The van der Waals surface area contributed by atoms with Gasteiger partial charge in [0.2, 0.25) is 0 Å². The minimum atomic E-state index is -3.14. The van der Waals surface area contributed by atoms with Crippen molar-refractivity contribution in [3.05, 3.63) is 83.0 Å². The number of nitrogen functional groups attached to an aromatic ring is 1. The van der Waals surface area contributed by atoms with Gasteiger partial charge in [-0.05, 0) is 36.4 Å². The standard InChI is InChI=1S/C25H25F4N5O/c26-20-2-1-3-21(27)19(20)13-34-12-17(11-25(28,29)14-34)33-24(35)16-4-5-22(30)18(10-16)23(31)15-6-8-32-9-7-15/h1-2,4-10,17,21,31H,3,11-14,30H2,(H,33,35). The van der Waals surface area contributed by atoms with E-state index in [4.69, 9.17) is 11.1 Å². The molecule has 1 amide bonds. The summed E-state index contributed by atoms with van der Waals surface area (Å²) in [5.41, 5.74) is 7.26. The van der Waals surface area contributed by atoms with Gasteiger partial charge in [0, 0.05) is 72.3 Å². The molecule has 6 nitrogen and oxygen atoms in total. The Labute approximate surface area is 200 Å². The second kappa shape index (κ2) is 9.99. The molecule has 2 unspecified atom stereocenters. The predicted octanol–water partition coefficient (Wildman–Crippen LogP) is 4.04. The summed E-state index contributed by atoms with van der Waals surface area (Å²) >= 11 is 0. The van der Waals surface area contributed by atoms with E-state index in [1.165, 1.54) is 41.6 Å². The van der Waals surface area contributed by atoms with Crippen LogP contribution in [0.25, 0.3) is 0 Å². The number of hydrogen-bond donors (Lipinski definition) is 3. The number of carbonyl (C=O) groups excluding carboxylic acids is 1. The number of likely N-dealkylation sites (tertiary alicyclic amines) is 1. The maximum atomic E-state index is 14.5. The molecule has 4 rings (SSSR count). The highest BCUT2D eigenvalue weighted by atomic mass is 19.3. The van der Waals surface area contributed by atoms with Gasteiger partial charge in [-0.3, -0.25) is 20.1 Å². The maximum absolute atomic E-state index is 14.5. The maximum Gasteiger partial charge on any atom is 0.262 e. The Balaban J connectivity index is 1.49. The number of nitrogens with zero attached hydrogens (tertiary/aromatic N) is 2. The number of rotatable bonds is 6. The smallest absolute Gasteiger partial charge is 0.262 e. The molecule has 1 aromatic heterocycles. The molecular formula is C25H25F4N5O. The van der Waals surface area contributed by atoms with Crippen LogP contribution in [-0.4, -0.2) is 59.3 Å². The van der Waals surface area contributed by atoms with Crippen molar-refractivity contribution >= 4 is 17.3 Å². The number of nitrogens with two attached hydrogens (primary N) is 1. The van der Waals surface area contributed by atoms with Crippen molar-refractivity contribution in [3.8, 4) is 0 Å². The molecule has 184 valence electrons. The molecule has 1 aliphatic heterocycles. The van der Waals surface area contributed by atoms with Crippen molar-refractivity contribution in [1.29, 1.82) is 5.41 Å². The first-order chi connectivity index (χ1) is 16.6.